The minimum absolute atomic E-state index is 0.463. The summed E-state index contributed by atoms with van der Waals surface area (Å²) in [5, 5.41) is 12.6. The van der Waals surface area contributed by atoms with Crippen molar-refractivity contribution in [3.63, 3.8) is 0 Å². The van der Waals surface area contributed by atoms with Gasteiger partial charge in [-0.15, -0.1) is 11.3 Å². The van der Waals surface area contributed by atoms with Gasteiger partial charge < -0.3 is 14.7 Å². The van der Waals surface area contributed by atoms with Crippen LogP contribution in [-0.2, 0) is 17.8 Å². The predicted molar refractivity (Wildman–Crippen MR) is 102 cm³/mol. The molecule has 1 saturated heterocycles. The number of hydrogen-bond acceptors (Lipinski definition) is 4. The minimum Gasteiger partial charge on any atom is -0.384 e. The number of benzene rings is 1. The second-order valence-corrected chi connectivity index (χ2v) is 7.73. The van der Waals surface area contributed by atoms with Crippen molar-refractivity contribution >= 4 is 28.3 Å². The number of imidazole rings is 1. The number of anilines is 1. The molecule has 0 amide bonds. The van der Waals surface area contributed by atoms with E-state index in [-0.39, 0.29) is 0 Å². The lowest BCUT2D eigenvalue weighted by molar-refractivity contribution is -0.908. The van der Waals surface area contributed by atoms with Gasteiger partial charge in [-0.1, -0.05) is 18.2 Å². The zero-order valence-corrected chi connectivity index (χ0v) is 15.6. The molecule has 0 bridgehead atoms. The topological polar surface area (TPSA) is 68.7 Å². The van der Waals surface area contributed by atoms with Crippen molar-refractivity contribution in [2.24, 2.45) is 0 Å². The zero-order chi connectivity index (χ0) is 17.9. The summed E-state index contributed by atoms with van der Waals surface area (Å²) in [4.78, 5) is 2.52. The molecule has 0 spiro atoms. The first-order valence-electron chi connectivity index (χ1n) is 9.13. The van der Waals surface area contributed by atoms with E-state index in [1.165, 1.54) is 0 Å². The van der Waals surface area contributed by atoms with Crippen molar-refractivity contribution in [1.82, 2.24) is 4.57 Å². The Balaban J connectivity index is 1.60. The Morgan fingerprint density at radius 2 is 2.04 bits per heavy atom. The molecule has 1 fully saturated rings. The number of fused-ring (bicyclic) bond motifs is 1. The highest BCUT2D eigenvalue weighted by Gasteiger charge is 2.25. The monoisotopic (exact) mass is 374 g/mol. The molecule has 2 aromatic heterocycles. The largest absolute Gasteiger partial charge is 0.384 e. The van der Waals surface area contributed by atoms with Crippen molar-refractivity contribution in [2.45, 2.75) is 19.2 Å². The number of nitrogens with zero attached hydrogens (tertiary/aromatic N) is 2. The normalized spacial score (nSPS) is 17.0. The van der Waals surface area contributed by atoms with Crippen LogP contribution < -0.4 is 15.2 Å². The fourth-order valence-electron chi connectivity index (χ4n) is 3.66. The second-order valence-electron chi connectivity index (χ2n) is 6.75. The maximum absolute atomic E-state index is 10.6. The SMILES string of the molecule is Nc1n(CC[NH+]2CCOCC2)c2ccccc2[n+]1C[C@H](O)c1cccs1. The van der Waals surface area contributed by atoms with E-state index in [4.69, 9.17) is 10.5 Å². The number of rotatable bonds is 6. The highest BCUT2D eigenvalue weighted by atomic mass is 32.1. The molecule has 1 atom stereocenters. The third-order valence-electron chi connectivity index (χ3n) is 5.13. The van der Waals surface area contributed by atoms with E-state index in [0.29, 0.717) is 12.5 Å². The summed E-state index contributed by atoms with van der Waals surface area (Å²) < 4.78 is 9.66. The molecule has 4 rings (SSSR count). The van der Waals surface area contributed by atoms with Gasteiger partial charge in [-0.05, 0) is 23.6 Å². The van der Waals surface area contributed by atoms with Gasteiger partial charge in [0.2, 0.25) is 0 Å². The number of aliphatic hydroxyl groups is 1. The highest BCUT2D eigenvalue weighted by molar-refractivity contribution is 7.10. The van der Waals surface area contributed by atoms with E-state index >= 15 is 0 Å². The van der Waals surface area contributed by atoms with Gasteiger partial charge in [-0.3, -0.25) is 5.73 Å². The number of ether oxygens (including phenoxy) is 1. The molecule has 0 saturated carbocycles. The summed E-state index contributed by atoms with van der Waals surface area (Å²) in [6.45, 7) is 6.13. The second kappa shape index (κ2) is 7.75. The molecule has 6 nitrogen and oxygen atoms in total. The van der Waals surface area contributed by atoms with Crippen LogP contribution in [0.5, 0.6) is 0 Å². The summed E-state index contributed by atoms with van der Waals surface area (Å²) in [7, 11) is 0. The van der Waals surface area contributed by atoms with Gasteiger partial charge in [-0.2, -0.15) is 0 Å². The number of nitrogen functional groups attached to an aromatic ring is 1. The number of para-hydroxylation sites is 2. The van der Waals surface area contributed by atoms with Crippen molar-refractivity contribution in [1.29, 1.82) is 0 Å². The minimum atomic E-state index is -0.550. The number of hydrogen-bond donors (Lipinski definition) is 3. The molecule has 1 aliphatic heterocycles. The predicted octanol–water partition coefficient (Wildman–Crippen LogP) is 0.221. The quantitative estimate of drug-likeness (QED) is 0.541. The Kier molecular flexibility index (Phi) is 5.21. The van der Waals surface area contributed by atoms with Crippen LogP contribution in [-0.4, -0.2) is 42.5 Å². The van der Waals surface area contributed by atoms with Gasteiger partial charge >= 0.3 is 5.95 Å². The van der Waals surface area contributed by atoms with Crippen molar-refractivity contribution in [3.8, 4) is 0 Å². The lowest BCUT2D eigenvalue weighted by atomic mass is 10.2. The molecule has 26 heavy (non-hydrogen) atoms. The van der Waals surface area contributed by atoms with Crippen molar-refractivity contribution < 1.29 is 19.3 Å². The molecule has 0 unspecified atom stereocenters. The lowest BCUT2D eigenvalue weighted by Crippen LogP contribution is -3.14. The molecular formula is C19H26N4O2S+2. The molecule has 0 radical (unpaired) electrons. The van der Waals surface area contributed by atoms with E-state index < -0.39 is 6.10 Å². The van der Waals surface area contributed by atoms with Crippen LogP contribution in [0.15, 0.2) is 41.8 Å². The Morgan fingerprint density at radius 3 is 2.81 bits per heavy atom. The van der Waals surface area contributed by atoms with Gasteiger partial charge in [0.25, 0.3) is 0 Å². The summed E-state index contributed by atoms with van der Waals surface area (Å²) in [5.74, 6) is 0.703. The van der Waals surface area contributed by atoms with Gasteiger partial charge in [0.05, 0.1) is 13.2 Å². The molecule has 3 heterocycles. The molecule has 1 aromatic carbocycles. The van der Waals surface area contributed by atoms with E-state index in [9.17, 15) is 5.11 Å². The van der Waals surface area contributed by atoms with Crippen LogP contribution in [0.4, 0.5) is 5.95 Å². The van der Waals surface area contributed by atoms with E-state index in [1.807, 2.05) is 34.2 Å². The molecule has 3 aromatic rings. The number of morpholine rings is 1. The number of thiophene rings is 1. The van der Waals surface area contributed by atoms with E-state index in [2.05, 4.69) is 16.7 Å². The Hall–Kier alpha value is -1.93. The van der Waals surface area contributed by atoms with Gasteiger partial charge in [-0.25, -0.2) is 9.13 Å². The smallest absolute Gasteiger partial charge is 0.356 e. The first kappa shape index (κ1) is 17.5. The molecule has 7 heteroatoms. The van der Waals surface area contributed by atoms with Crippen molar-refractivity contribution in [3.05, 3.63) is 46.7 Å². The van der Waals surface area contributed by atoms with Crippen LogP contribution >= 0.6 is 11.3 Å². The first-order valence-corrected chi connectivity index (χ1v) is 10.0. The third-order valence-corrected chi connectivity index (χ3v) is 6.11. The zero-order valence-electron chi connectivity index (χ0n) is 14.8. The van der Waals surface area contributed by atoms with Crippen LogP contribution in [0.1, 0.15) is 11.0 Å². The molecule has 0 aliphatic carbocycles. The van der Waals surface area contributed by atoms with E-state index in [0.717, 1.165) is 55.3 Å². The number of quaternary nitrogens is 1. The Bertz CT molecular complexity index is 856. The Labute approximate surface area is 157 Å². The van der Waals surface area contributed by atoms with Crippen LogP contribution in [0.25, 0.3) is 11.0 Å². The summed E-state index contributed by atoms with van der Waals surface area (Å²) >= 11 is 1.57. The average Bonchev–Trinajstić information content (AvgIpc) is 3.29. The maximum Gasteiger partial charge on any atom is 0.356 e. The number of nitrogens with two attached hydrogens (primary N) is 1. The molecule has 138 valence electrons. The van der Waals surface area contributed by atoms with Gasteiger partial charge in [0, 0.05) is 4.88 Å². The third kappa shape index (κ3) is 3.48. The van der Waals surface area contributed by atoms with Crippen LogP contribution in [0.3, 0.4) is 0 Å². The standard InChI is InChI=1S/C19H24N4O2S/c20-19-22(8-7-21-9-11-25-12-10-21)15-4-1-2-5-16(15)23(19)14-17(24)18-6-3-13-26-18/h1-6,13,17,20,24H,7-12,14H2/p+2/t17-/m0/s1. The Morgan fingerprint density at radius 1 is 1.23 bits per heavy atom. The van der Waals surface area contributed by atoms with E-state index in [1.54, 1.807) is 16.2 Å². The summed E-state index contributed by atoms with van der Waals surface area (Å²) in [6, 6.07) is 12.2. The van der Waals surface area contributed by atoms with Gasteiger partial charge in [0.15, 0.2) is 0 Å². The summed E-state index contributed by atoms with van der Waals surface area (Å²) in [6.07, 6.45) is -0.550. The van der Waals surface area contributed by atoms with Crippen molar-refractivity contribution in [2.75, 3.05) is 38.6 Å². The fraction of sp³-hybridized carbons (Fsp3) is 0.421. The maximum atomic E-state index is 10.6. The highest BCUT2D eigenvalue weighted by Crippen LogP contribution is 2.21. The lowest BCUT2D eigenvalue weighted by Gasteiger charge is -2.23. The summed E-state index contributed by atoms with van der Waals surface area (Å²) in [5.41, 5.74) is 8.71. The van der Waals surface area contributed by atoms with Crippen LogP contribution in [0, 0.1) is 0 Å². The first-order chi connectivity index (χ1) is 12.7. The number of aromatic nitrogens is 2. The van der Waals surface area contributed by atoms with Gasteiger partial charge in [0.1, 0.15) is 49.9 Å². The fourth-order valence-corrected chi connectivity index (χ4v) is 4.37. The number of nitrogens with one attached hydrogen (secondary N) is 1. The number of aliphatic hydroxyl groups excluding tert-OH is 1. The molecule has 4 N–H and O–H groups in total. The van der Waals surface area contributed by atoms with Crippen LogP contribution in [0.2, 0.25) is 0 Å². The average molecular weight is 375 g/mol. The molecular weight excluding hydrogens is 348 g/mol. The molecule has 1 aliphatic rings.